The molecule has 8 heteroatoms. The van der Waals surface area contributed by atoms with Crippen molar-refractivity contribution in [2.75, 3.05) is 20.1 Å². The van der Waals surface area contributed by atoms with Crippen LogP contribution in [0, 0.1) is 6.92 Å². The van der Waals surface area contributed by atoms with E-state index in [1.54, 1.807) is 18.0 Å². The van der Waals surface area contributed by atoms with Crippen LogP contribution >= 0.6 is 11.3 Å². The highest BCUT2D eigenvalue weighted by molar-refractivity contribution is 7.91. The number of nitrogens with zero attached hydrogens (tertiary/aromatic N) is 2. The van der Waals surface area contributed by atoms with Crippen molar-refractivity contribution in [1.29, 1.82) is 0 Å². The average molecular weight is 375 g/mol. The second-order valence-corrected chi connectivity index (χ2v) is 10.6. The highest BCUT2D eigenvalue weighted by Gasteiger charge is 2.33. The van der Waals surface area contributed by atoms with Gasteiger partial charge in [-0.05, 0) is 52.7 Å². The first-order valence-electron chi connectivity index (χ1n) is 8.03. The van der Waals surface area contributed by atoms with E-state index < -0.39 is 15.6 Å². The van der Waals surface area contributed by atoms with Crippen molar-refractivity contribution in [2.45, 2.75) is 56.4 Å². The predicted molar refractivity (Wildman–Crippen MR) is 94.8 cm³/mol. The summed E-state index contributed by atoms with van der Waals surface area (Å²) in [6.07, 6.45) is 0.888. The van der Waals surface area contributed by atoms with Crippen molar-refractivity contribution >= 4 is 27.5 Å². The number of sulfonamides is 1. The third kappa shape index (κ3) is 4.49. The molecule has 6 nitrogen and oxygen atoms in total. The zero-order valence-corrected chi connectivity index (χ0v) is 16.5. The van der Waals surface area contributed by atoms with Gasteiger partial charge in [0.2, 0.25) is 0 Å². The third-order valence-corrected chi connectivity index (χ3v) is 7.36. The zero-order chi connectivity index (χ0) is 18.1. The minimum Gasteiger partial charge on any atom is -0.444 e. The summed E-state index contributed by atoms with van der Waals surface area (Å²) in [5, 5.41) is 0. The summed E-state index contributed by atoms with van der Waals surface area (Å²) in [6.45, 7) is 8.40. The average Bonchev–Trinajstić information content (AvgIpc) is 2.92. The highest BCUT2D eigenvalue weighted by atomic mass is 32.2. The van der Waals surface area contributed by atoms with Gasteiger partial charge in [-0.3, -0.25) is 0 Å². The molecule has 0 spiro atoms. The first-order chi connectivity index (χ1) is 11.0. The smallest absolute Gasteiger partial charge is 0.410 e. The number of rotatable bonds is 3. The second kappa shape index (κ2) is 7.01. The van der Waals surface area contributed by atoms with Gasteiger partial charge in [0, 0.05) is 31.1 Å². The van der Waals surface area contributed by atoms with Gasteiger partial charge in [0.25, 0.3) is 10.0 Å². The summed E-state index contributed by atoms with van der Waals surface area (Å²) in [7, 11) is -1.84. The molecule has 0 aliphatic carbocycles. The summed E-state index contributed by atoms with van der Waals surface area (Å²) in [5.41, 5.74) is -0.523. The lowest BCUT2D eigenvalue weighted by Crippen LogP contribution is -2.48. The quantitative estimate of drug-likeness (QED) is 0.815. The Morgan fingerprint density at radius 1 is 1.29 bits per heavy atom. The van der Waals surface area contributed by atoms with Crippen molar-refractivity contribution in [1.82, 2.24) is 9.21 Å². The maximum Gasteiger partial charge on any atom is 0.410 e. The van der Waals surface area contributed by atoms with E-state index in [-0.39, 0.29) is 12.1 Å². The number of likely N-dealkylation sites (tertiary alicyclic amines) is 1. The van der Waals surface area contributed by atoms with Gasteiger partial charge in [-0.15, -0.1) is 11.3 Å². The van der Waals surface area contributed by atoms with Crippen LogP contribution in [0.2, 0.25) is 0 Å². The molecule has 0 saturated carbocycles. The number of thiophene rings is 1. The number of carbonyl (C=O) groups excluding carboxylic acids is 1. The molecule has 1 aromatic rings. The molecular formula is C16H26N2O4S2. The fourth-order valence-corrected chi connectivity index (χ4v) is 5.51. The second-order valence-electron chi connectivity index (χ2n) is 7.08. The van der Waals surface area contributed by atoms with Gasteiger partial charge in [-0.2, -0.15) is 4.31 Å². The Balaban J connectivity index is 1.98. The number of carbonyl (C=O) groups is 1. The molecule has 0 radical (unpaired) electrons. The van der Waals surface area contributed by atoms with E-state index in [0.29, 0.717) is 30.1 Å². The van der Waals surface area contributed by atoms with Gasteiger partial charge in [0.15, 0.2) is 0 Å². The molecule has 0 aromatic carbocycles. The van der Waals surface area contributed by atoms with Crippen LogP contribution in [0.15, 0.2) is 16.3 Å². The SMILES string of the molecule is Cc1ccc(S(=O)(=O)N(C)C2CCN(C(=O)OC(C)(C)C)CC2)s1. The highest BCUT2D eigenvalue weighted by Crippen LogP contribution is 2.27. The van der Waals surface area contributed by atoms with Gasteiger partial charge in [-0.1, -0.05) is 0 Å². The number of hydrogen-bond donors (Lipinski definition) is 0. The summed E-state index contributed by atoms with van der Waals surface area (Å²) in [5.74, 6) is 0. The molecule has 2 heterocycles. The van der Waals surface area contributed by atoms with Gasteiger partial charge in [-0.25, -0.2) is 13.2 Å². The molecule has 1 aliphatic heterocycles. The van der Waals surface area contributed by atoms with Crippen LogP contribution in [0.25, 0.3) is 0 Å². The number of aryl methyl sites for hydroxylation is 1. The summed E-state index contributed by atoms with van der Waals surface area (Å²) >= 11 is 1.28. The molecule has 0 N–H and O–H groups in total. The van der Waals surface area contributed by atoms with Crippen molar-refractivity contribution in [3.8, 4) is 0 Å². The molecule has 1 fully saturated rings. The fourth-order valence-electron chi connectivity index (χ4n) is 2.63. The maximum absolute atomic E-state index is 12.7. The molecule has 24 heavy (non-hydrogen) atoms. The molecule has 2 rings (SSSR count). The lowest BCUT2D eigenvalue weighted by Gasteiger charge is -2.36. The monoisotopic (exact) mass is 374 g/mol. The van der Waals surface area contributed by atoms with E-state index >= 15 is 0 Å². The van der Waals surface area contributed by atoms with Gasteiger partial charge in [0.1, 0.15) is 9.81 Å². The van der Waals surface area contributed by atoms with Crippen LogP contribution in [0.4, 0.5) is 4.79 Å². The van der Waals surface area contributed by atoms with E-state index in [4.69, 9.17) is 4.74 Å². The van der Waals surface area contributed by atoms with Crippen molar-refractivity contribution in [2.24, 2.45) is 0 Å². The van der Waals surface area contributed by atoms with Crippen LogP contribution in [0.5, 0.6) is 0 Å². The fraction of sp³-hybridized carbons (Fsp3) is 0.688. The Labute approximate surface area is 148 Å². The van der Waals surface area contributed by atoms with Crippen LogP contribution in [0.1, 0.15) is 38.5 Å². The molecular weight excluding hydrogens is 348 g/mol. The van der Waals surface area contributed by atoms with E-state index in [9.17, 15) is 13.2 Å². The summed E-state index contributed by atoms with van der Waals surface area (Å²) in [4.78, 5) is 14.7. The van der Waals surface area contributed by atoms with Gasteiger partial charge >= 0.3 is 6.09 Å². The number of ether oxygens (including phenoxy) is 1. The standard InChI is InChI=1S/C16H26N2O4S2/c1-12-6-7-14(23-12)24(20,21)17(5)13-8-10-18(11-9-13)15(19)22-16(2,3)4/h6-7,13H,8-11H2,1-5H3. The van der Waals surface area contributed by atoms with Gasteiger partial charge in [0.05, 0.1) is 0 Å². The maximum atomic E-state index is 12.7. The zero-order valence-electron chi connectivity index (χ0n) is 14.9. The Bertz CT molecular complexity index is 683. The molecule has 0 unspecified atom stereocenters. The molecule has 1 aliphatic rings. The molecule has 0 atom stereocenters. The van der Waals surface area contributed by atoms with E-state index in [0.717, 1.165) is 4.88 Å². The minimum atomic E-state index is -3.47. The number of amides is 1. The third-order valence-electron chi connectivity index (χ3n) is 3.98. The molecule has 136 valence electrons. The van der Waals surface area contributed by atoms with E-state index in [2.05, 4.69) is 0 Å². The number of hydrogen-bond acceptors (Lipinski definition) is 5. The Morgan fingerprint density at radius 3 is 2.33 bits per heavy atom. The van der Waals surface area contributed by atoms with Crippen molar-refractivity contribution in [3.63, 3.8) is 0 Å². The Hall–Kier alpha value is -1.12. The van der Waals surface area contributed by atoms with E-state index in [1.165, 1.54) is 15.6 Å². The predicted octanol–water partition coefficient (Wildman–Crippen LogP) is 3.08. The first-order valence-corrected chi connectivity index (χ1v) is 10.3. The van der Waals surface area contributed by atoms with E-state index in [1.807, 2.05) is 33.8 Å². The Kier molecular flexibility index (Phi) is 5.61. The lowest BCUT2D eigenvalue weighted by molar-refractivity contribution is 0.0183. The topological polar surface area (TPSA) is 66.9 Å². The summed E-state index contributed by atoms with van der Waals surface area (Å²) < 4.78 is 32.5. The van der Waals surface area contributed by atoms with Crippen molar-refractivity contribution < 1.29 is 17.9 Å². The molecule has 1 aromatic heterocycles. The normalized spacial score (nSPS) is 17.3. The molecule has 1 saturated heterocycles. The Morgan fingerprint density at radius 2 is 1.88 bits per heavy atom. The molecule has 0 bridgehead atoms. The van der Waals surface area contributed by atoms with Crippen LogP contribution in [0.3, 0.4) is 0 Å². The number of piperidine rings is 1. The van der Waals surface area contributed by atoms with Crippen LogP contribution < -0.4 is 0 Å². The molecule has 1 amide bonds. The largest absolute Gasteiger partial charge is 0.444 e. The lowest BCUT2D eigenvalue weighted by atomic mass is 10.1. The summed E-state index contributed by atoms with van der Waals surface area (Å²) in [6, 6.07) is 3.37. The minimum absolute atomic E-state index is 0.101. The van der Waals surface area contributed by atoms with Crippen molar-refractivity contribution in [3.05, 3.63) is 17.0 Å². The van der Waals surface area contributed by atoms with Crippen LogP contribution in [-0.2, 0) is 14.8 Å². The van der Waals surface area contributed by atoms with Gasteiger partial charge < -0.3 is 9.64 Å². The first kappa shape index (κ1) is 19.2. The van der Waals surface area contributed by atoms with Crippen LogP contribution in [-0.4, -0.2) is 55.5 Å².